The standard InChI is InChI=1S/C20H19ClN2O3S/c21-15-3-1-13(2-4-15)12-23-16-7-10-27-18(16)11-17(23)19(24)22-8-5-14(6-9-22)20(25)26/h1-4,7,10-11,14H,5-6,8-9,12H2,(H,25,26). The number of thiophene rings is 1. The van der Waals surface area contributed by atoms with E-state index in [9.17, 15) is 9.59 Å². The van der Waals surface area contributed by atoms with Crippen LogP contribution in [0.1, 0.15) is 28.9 Å². The highest BCUT2D eigenvalue weighted by Crippen LogP contribution is 2.28. The first-order chi connectivity index (χ1) is 13.0. The van der Waals surface area contributed by atoms with E-state index in [1.807, 2.05) is 46.3 Å². The summed E-state index contributed by atoms with van der Waals surface area (Å²) in [5, 5.41) is 11.9. The van der Waals surface area contributed by atoms with E-state index in [2.05, 4.69) is 0 Å². The van der Waals surface area contributed by atoms with Crippen molar-refractivity contribution in [2.45, 2.75) is 19.4 Å². The van der Waals surface area contributed by atoms with Gasteiger partial charge in [0.2, 0.25) is 0 Å². The number of carboxylic acid groups (broad SMARTS) is 1. The van der Waals surface area contributed by atoms with Crippen LogP contribution in [0.3, 0.4) is 0 Å². The molecule has 0 saturated carbocycles. The summed E-state index contributed by atoms with van der Waals surface area (Å²) in [6.45, 7) is 1.55. The van der Waals surface area contributed by atoms with Gasteiger partial charge < -0.3 is 14.6 Å². The average molecular weight is 403 g/mol. The Labute approximate surface area is 165 Å². The summed E-state index contributed by atoms with van der Waals surface area (Å²) in [5.74, 6) is -1.15. The van der Waals surface area contributed by atoms with Crippen molar-refractivity contribution in [3.05, 3.63) is 58.1 Å². The summed E-state index contributed by atoms with van der Waals surface area (Å²) in [4.78, 5) is 26.1. The summed E-state index contributed by atoms with van der Waals surface area (Å²) in [7, 11) is 0. The van der Waals surface area contributed by atoms with E-state index in [1.165, 1.54) is 0 Å². The SMILES string of the molecule is O=C(O)C1CCN(C(=O)c2cc3sccc3n2Cc2ccc(Cl)cc2)CC1. The molecular formula is C20H19ClN2O3S. The molecule has 0 unspecified atom stereocenters. The molecule has 5 nitrogen and oxygen atoms in total. The molecule has 7 heteroatoms. The van der Waals surface area contributed by atoms with E-state index < -0.39 is 5.97 Å². The Kier molecular flexibility index (Phi) is 4.93. The van der Waals surface area contributed by atoms with Crippen LogP contribution < -0.4 is 0 Å². The summed E-state index contributed by atoms with van der Waals surface area (Å²) in [5.41, 5.74) is 2.76. The average Bonchev–Trinajstić information content (AvgIpc) is 3.25. The molecule has 3 heterocycles. The minimum atomic E-state index is -0.770. The molecule has 1 aromatic carbocycles. The lowest BCUT2D eigenvalue weighted by molar-refractivity contribution is -0.143. The number of aliphatic carboxylic acids is 1. The Bertz CT molecular complexity index is 984. The third-order valence-electron chi connectivity index (χ3n) is 5.13. The molecule has 1 aliphatic rings. The second kappa shape index (κ2) is 7.37. The van der Waals surface area contributed by atoms with Crippen molar-refractivity contribution < 1.29 is 14.7 Å². The van der Waals surface area contributed by atoms with Crippen molar-refractivity contribution in [3.63, 3.8) is 0 Å². The first kappa shape index (κ1) is 18.1. The first-order valence-electron chi connectivity index (χ1n) is 8.86. The fourth-order valence-corrected chi connectivity index (χ4v) is 4.54. The molecule has 2 aromatic heterocycles. The number of piperidine rings is 1. The van der Waals surface area contributed by atoms with Gasteiger partial charge in [-0.05, 0) is 48.1 Å². The number of rotatable bonds is 4. The largest absolute Gasteiger partial charge is 0.481 e. The van der Waals surface area contributed by atoms with E-state index >= 15 is 0 Å². The lowest BCUT2D eigenvalue weighted by Gasteiger charge is -2.30. The highest BCUT2D eigenvalue weighted by atomic mass is 35.5. The van der Waals surface area contributed by atoms with E-state index in [4.69, 9.17) is 16.7 Å². The van der Waals surface area contributed by atoms with Gasteiger partial charge in [-0.3, -0.25) is 9.59 Å². The van der Waals surface area contributed by atoms with Gasteiger partial charge in [0, 0.05) is 24.7 Å². The Morgan fingerprint density at radius 2 is 1.85 bits per heavy atom. The third-order valence-corrected chi connectivity index (χ3v) is 6.23. The van der Waals surface area contributed by atoms with Crippen molar-refractivity contribution in [1.82, 2.24) is 9.47 Å². The molecule has 4 rings (SSSR count). The minimum Gasteiger partial charge on any atom is -0.481 e. The monoisotopic (exact) mass is 402 g/mol. The van der Waals surface area contributed by atoms with Gasteiger partial charge in [0.1, 0.15) is 5.69 Å². The molecule has 0 bridgehead atoms. The van der Waals surface area contributed by atoms with Crippen LogP contribution in [0, 0.1) is 5.92 Å². The van der Waals surface area contributed by atoms with E-state index in [0.717, 1.165) is 15.8 Å². The number of nitrogens with zero attached hydrogens (tertiary/aromatic N) is 2. The number of aromatic nitrogens is 1. The van der Waals surface area contributed by atoms with Gasteiger partial charge in [0.05, 0.1) is 16.1 Å². The molecule has 0 radical (unpaired) electrons. The number of carboxylic acids is 1. The molecule has 3 aromatic rings. The smallest absolute Gasteiger partial charge is 0.306 e. The maximum absolute atomic E-state index is 13.2. The number of hydrogen-bond donors (Lipinski definition) is 1. The quantitative estimate of drug-likeness (QED) is 0.706. The van der Waals surface area contributed by atoms with Crippen molar-refractivity contribution in [3.8, 4) is 0 Å². The minimum absolute atomic E-state index is 0.0313. The van der Waals surface area contributed by atoms with Crippen LogP contribution in [-0.4, -0.2) is 39.5 Å². The molecule has 1 aliphatic heterocycles. The molecule has 0 spiro atoms. The fourth-order valence-electron chi connectivity index (χ4n) is 3.59. The molecule has 1 amide bonds. The summed E-state index contributed by atoms with van der Waals surface area (Å²) in [6.07, 6.45) is 1.01. The maximum atomic E-state index is 13.2. The van der Waals surface area contributed by atoms with Crippen LogP contribution in [0.2, 0.25) is 5.02 Å². The van der Waals surface area contributed by atoms with Crippen LogP contribution in [0.5, 0.6) is 0 Å². The number of carbonyl (C=O) groups excluding carboxylic acids is 1. The van der Waals surface area contributed by atoms with Gasteiger partial charge >= 0.3 is 5.97 Å². The number of halogens is 1. The van der Waals surface area contributed by atoms with Gasteiger partial charge in [-0.1, -0.05) is 23.7 Å². The zero-order chi connectivity index (χ0) is 19.0. The predicted octanol–water partition coefficient (Wildman–Crippen LogP) is 4.34. The zero-order valence-corrected chi connectivity index (χ0v) is 16.2. The van der Waals surface area contributed by atoms with Gasteiger partial charge in [-0.15, -0.1) is 11.3 Å². The highest BCUT2D eigenvalue weighted by Gasteiger charge is 2.29. The Morgan fingerprint density at radius 3 is 2.52 bits per heavy atom. The molecule has 0 aliphatic carbocycles. The van der Waals surface area contributed by atoms with Crippen molar-refractivity contribution >= 4 is 45.0 Å². The van der Waals surface area contributed by atoms with Gasteiger partial charge in [0.15, 0.2) is 0 Å². The molecular weight excluding hydrogens is 384 g/mol. The van der Waals surface area contributed by atoms with Crippen molar-refractivity contribution in [1.29, 1.82) is 0 Å². The number of fused-ring (bicyclic) bond motifs is 1. The molecule has 140 valence electrons. The molecule has 27 heavy (non-hydrogen) atoms. The summed E-state index contributed by atoms with van der Waals surface area (Å²) >= 11 is 7.59. The highest BCUT2D eigenvalue weighted by molar-refractivity contribution is 7.17. The van der Waals surface area contributed by atoms with Crippen LogP contribution in [-0.2, 0) is 11.3 Å². The van der Waals surface area contributed by atoms with Crippen LogP contribution in [0.25, 0.3) is 10.2 Å². The van der Waals surface area contributed by atoms with Crippen LogP contribution in [0.15, 0.2) is 41.8 Å². The number of hydrogen-bond acceptors (Lipinski definition) is 3. The topological polar surface area (TPSA) is 62.5 Å². The van der Waals surface area contributed by atoms with Crippen LogP contribution in [0.4, 0.5) is 0 Å². The van der Waals surface area contributed by atoms with Gasteiger partial charge in [0.25, 0.3) is 5.91 Å². The van der Waals surface area contributed by atoms with Gasteiger partial charge in [-0.2, -0.15) is 0 Å². The molecule has 1 N–H and O–H groups in total. The number of amides is 1. The van der Waals surface area contributed by atoms with E-state index in [0.29, 0.717) is 43.2 Å². The zero-order valence-electron chi connectivity index (χ0n) is 14.6. The lowest BCUT2D eigenvalue weighted by Crippen LogP contribution is -2.41. The van der Waals surface area contributed by atoms with E-state index in [1.54, 1.807) is 16.2 Å². The number of carbonyl (C=O) groups is 2. The Hall–Kier alpha value is -2.31. The molecule has 0 atom stereocenters. The normalized spacial score (nSPS) is 15.4. The second-order valence-corrected chi connectivity index (χ2v) is 8.20. The maximum Gasteiger partial charge on any atom is 0.306 e. The van der Waals surface area contributed by atoms with Crippen LogP contribution >= 0.6 is 22.9 Å². The Balaban J connectivity index is 1.61. The molecule has 1 fully saturated rings. The second-order valence-electron chi connectivity index (χ2n) is 6.82. The summed E-state index contributed by atoms with van der Waals surface area (Å²) in [6, 6.07) is 11.6. The number of likely N-dealkylation sites (tertiary alicyclic amines) is 1. The number of benzene rings is 1. The van der Waals surface area contributed by atoms with Crippen molar-refractivity contribution in [2.75, 3.05) is 13.1 Å². The summed E-state index contributed by atoms with van der Waals surface area (Å²) < 4.78 is 3.12. The molecule has 1 saturated heterocycles. The van der Waals surface area contributed by atoms with Crippen molar-refractivity contribution in [2.24, 2.45) is 5.92 Å². The predicted molar refractivity (Wildman–Crippen MR) is 107 cm³/mol. The third kappa shape index (κ3) is 3.59. The fraction of sp³-hybridized carbons (Fsp3) is 0.300. The Morgan fingerprint density at radius 1 is 1.15 bits per heavy atom. The first-order valence-corrected chi connectivity index (χ1v) is 10.1. The van der Waals surface area contributed by atoms with Gasteiger partial charge in [-0.25, -0.2) is 0 Å². The lowest BCUT2D eigenvalue weighted by atomic mass is 9.97. The van der Waals surface area contributed by atoms with E-state index in [-0.39, 0.29) is 11.8 Å².